The van der Waals surface area contributed by atoms with Gasteiger partial charge in [0.2, 0.25) is 0 Å². The predicted octanol–water partition coefficient (Wildman–Crippen LogP) is 4.37. The van der Waals surface area contributed by atoms with Crippen molar-refractivity contribution < 1.29 is 0 Å². The van der Waals surface area contributed by atoms with Crippen molar-refractivity contribution in [3.8, 4) is 21.7 Å². The third-order valence-corrected chi connectivity index (χ3v) is 4.30. The monoisotopic (exact) mass is 266 g/mol. The van der Waals surface area contributed by atoms with Crippen LogP contribution in [-0.4, -0.2) is 4.98 Å². The normalized spacial score (nSPS) is 10.6. The number of hydrogen-bond acceptors (Lipinski definition) is 3. The second-order valence-corrected chi connectivity index (χ2v) is 5.43. The van der Waals surface area contributed by atoms with Gasteiger partial charge in [-0.25, -0.2) is 0 Å². The highest BCUT2D eigenvalue weighted by molar-refractivity contribution is 7.20. The number of nitrogens with zero attached hydrogens (tertiary/aromatic N) is 1. The average molecular weight is 266 g/mol. The van der Waals surface area contributed by atoms with Crippen LogP contribution in [0.3, 0.4) is 0 Å². The number of nitrogens with two attached hydrogens (primary N) is 1. The van der Waals surface area contributed by atoms with Gasteiger partial charge in [-0.1, -0.05) is 36.4 Å². The summed E-state index contributed by atoms with van der Waals surface area (Å²) in [5, 5.41) is 0.829. The highest BCUT2D eigenvalue weighted by Gasteiger charge is 2.16. The topological polar surface area (TPSA) is 38.9 Å². The van der Waals surface area contributed by atoms with E-state index in [0.29, 0.717) is 0 Å². The van der Waals surface area contributed by atoms with E-state index in [4.69, 9.17) is 5.73 Å². The van der Waals surface area contributed by atoms with Crippen LogP contribution in [0.4, 0.5) is 5.00 Å². The fourth-order valence-corrected chi connectivity index (χ4v) is 3.32. The fourth-order valence-electron chi connectivity index (χ4n) is 2.23. The molecule has 0 aliphatic carbocycles. The Kier molecular flexibility index (Phi) is 3.05. The minimum atomic E-state index is 0.829. The first-order chi connectivity index (χ1) is 9.27. The summed E-state index contributed by atoms with van der Waals surface area (Å²) in [5.41, 5.74) is 10.6. The average Bonchev–Trinajstić information content (AvgIpc) is 2.76. The number of anilines is 1. The van der Waals surface area contributed by atoms with Crippen LogP contribution in [0.5, 0.6) is 0 Å². The Morgan fingerprint density at radius 3 is 2.42 bits per heavy atom. The first-order valence-electron chi connectivity index (χ1n) is 6.13. The molecule has 3 heteroatoms. The standard InChI is InChI=1S/C16H14N2S/c1-11-14(13-9-5-6-10-18-13)16(17)19-15(11)12-7-3-2-4-8-12/h2-10H,17H2,1H3. The van der Waals surface area contributed by atoms with Gasteiger partial charge in [0.15, 0.2) is 0 Å². The minimum Gasteiger partial charge on any atom is -0.390 e. The summed E-state index contributed by atoms with van der Waals surface area (Å²) in [6, 6.07) is 16.2. The molecule has 0 saturated carbocycles. The van der Waals surface area contributed by atoms with Crippen LogP contribution in [0.25, 0.3) is 21.7 Å². The van der Waals surface area contributed by atoms with Gasteiger partial charge < -0.3 is 5.73 Å². The fraction of sp³-hybridized carbons (Fsp3) is 0.0625. The lowest BCUT2D eigenvalue weighted by atomic mass is 10.0. The lowest BCUT2D eigenvalue weighted by Crippen LogP contribution is -1.88. The number of aromatic nitrogens is 1. The molecule has 0 bridgehead atoms. The van der Waals surface area contributed by atoms with E-state index in [-0.39, 0.29) is 0 Å². The van der Waals surface area contributed by atoms with E-state index >= 15 is 0 Å². The van der Waals surface area contributed by atoms with Gasteiger partial charge in [-0.05, 0) is 30.2 Å². The molecule has 0 spiro atoms. The Hall–Kier alpha value is -2.13. The Morgan fingerprint density at radius 2 is 1.74 bits per heavy atom. The maximum atomic E-state index is 6.19. The molecule has 0 unspecified atom stereocenters. The zero-order valence-corrected chi connectivity index (χ0v) is 11.4. The number of hydrogen-bond donors (Lipinski definition) is 1. The Labute approximate surface area is 116 Å². The molecule has 0 radical (unpaired) electrons. The third kappa shape index (κ3) is 2.13. The van der Waals surface area contributed by atoms with Crippen molar-refractivity contribution in [2.75, 3.05) is 5.73 Å². The van der Waals surface area contributed by atoms with Gasteiger partial charge in [0.25, 0.3) is 0 Å². The van der Waals surface area contributed by atoms with E-state index in [1.807, 2.05) is 36.4 Å². The zero-order chi connectivity index (χ0) is 13.2. The summed E-state index contributed by atoms with van der Waals surface area (Å²) in [5.74, 6) is 0. The molecule has 19 heavy (non-hydrogen) atoms. The second-order valence-electron chi connectivity index (χ2n) is 4.38. The van der Waals surface area contributed by atoms with Crippen LogP contribution in [0, 0.1) is 6.92 Å². The molecule has 0 fully saturated rings. The molecular formula is C16H14N2S. The number of rotatable bonds is 2. The molecule has 0 amide bonds. The molecule has 3 rings (SSSR count). The number of thiophene rings is 1. The molecule has 94 valence electrons. The number of pyridine rings is 1. The Morgan fingerprint density at radius 1 is 1.00 bits per heavy atom. The van der Waals surface area contributed by atoms with Gasteiger partial charge in [0.05, 0.1) is 10.7 Å². The van der Waals surface area contributed by atoms with E-state index in [1.165, 1.54) is 16.0 Å². The van der Waals surface area contributed by atoms with Gasteiger partial charge in [-0.3, -0.25) is 4.98 Å². The van der Waals surface area contributed by atoms with Crippen LogP contribution >= 0.6 is 11.3 Å². The molecule has 0 atom stereocenters. The molecule has 1 aromatic carbocycles. The molecule has 3 aromatic rings. The van der Waals surface area contributed by atoms with E-state index in [2.05, 4.69) is 24.0 Å². The lowest BCUT2D eigenvalue weighted by molar-refractivity contribution is 1.32. The second kappa shape index (κ2) is 4.86. The first-order valence-corrected chi connectivity index (χ1v) is 6.94. The smallest absolute Gasteiger partial charge is 0.0961 e. The van der Waals surface area contributed by atoms with Crippen molar-refractivity contribution in [2.45, 2.75) is 6.92 Å². The van der Waals surface area contributed by atoms with Crippen molar-refractivity contribution in [3.63, 3.8) is 0 Å². The van der Waals surface area contributed by atoms with Gasteiger partial charge in [0.1, 0.15) is 0 Å². The van der Waals surface area contributed by atoms with Crippen molar-refractivity contribution in [1.29, 1.82) is 0 Å². The molecular weight excluding hydrogens is 252 g/mol. The minimum absolute atomic E-state index is 0.829. The third-order valence-electron chi connectivity index (χ3n) is 3.13. The van der Waals surface area contributed by atoms with Gasteiger partial charge in [0, 0.05) is 16.6 Å². The number of nitrogen functional groups attached to an aromatic ring is 1. The zero-order valence-electron chi connectivity index (χ0n) is 10.6. The molecule has 0 aliphatic heterocycles. The molecule has 2 aromatic heterocycles. The van der Waals surface area contributed by atoms with Gasteiger partial charge in [-0.15, -0.1) is 11.3 Å². The van der Waals surface area contributed by atoms with E-state index < -0.39 is 0 Å². The van der Waals surface area contributed by atoms with E-state index in [9.17, 15) is 0 Å². The largest absolute Gasteiger partial charge is 0.390 e. The van der Waals surface area contributed by atoms with Crippen LogP contribution in [-0.2, 0) is 0 Å². The maximum Gasteiger partial charge on any atom is 0.0961 e. The van der Waals surface area contributed by atoms with E-state index in [0.717, 1.165) is 16.3 Å². The van der Waals surface area contributed by atoms with Gasteiger partial charge in [-0.2, -0.15) is 0 Å². The van der Waals surface area contributed by atoms with Crippen LogP contribution in [0.1, 0.15) is 5.56 Å². The van der Waals surface area contributed by atoms with Crippen LogP contribution in [0.2, 0.25) is 0 Å². The van der Waals surface area contributed by atoms with E-state index in [1.54, 1.807) is 17.5 Å². The summed E-state index contributed by atoms with van der Waals surface area (Å²) in [6.45, 7) is 2.11. The summed E-state index contributed by atoms with van der Waals surface area (Å²) in [7, 11) is 0. The maximum absolute atomic E-state index is 6.19. The highest BCUT2D eigenvalue weighted by atomic mass is 32.1. The molecule has 2 N–H and O–H groups in total. The number of benzene rings is 1. The summed E-state index contributed by atoms with van der Waals surface area (Å²) < 4.78 is 0. The highest BCUT2D eigenvalue weighted by Crippen LogP contribution is 2.42. The summed E-state index contributed by atoms with van der Waals surface area (Å²) in [4.78, 5) is 5.63. The van der Waals surface area contributed by atoms with Crippen molar-refractivity contribution in [3.05, 3.63) is 60.3 Å². The van der Waals surface area contributed by atoms with Crippen LogP contribution in [0.15, 0.2) is 54.7 Å². The molecule has 2 heterocycles. The van der Waals surface area contributed by atoms with Crippen molar-refractivity contribution >= 4 is 16.3 Å². The summed E-state index contributed by atoms with van der Waals surface area (Å²) >= 11 is 1.63. The lowest BCUT2D eigenvalue weighted by Gasteiger charge is -2.02. The molecule has 0 saturated heterocycles. The van der Waals surface area contributed by atoms with Crippen LogP contribution < -0.4 is 5.73 Å². The Balaban J connectivity index is 2.17. The molecule has 2 nitrogen and oxygen atoms in total. The SMILES string of the molecule is Cc1c(-c2ccccc2)sc(N)c1-c1ccccn1. The molecule has 0 aliphatic rings. The van der Waals surface area contributed by atoms with Gasteiger partial charge >= 0.3 is 0 Å². The predicted molar refractivity (Wildman–Crippen MR) is 82.1 cm³/mol. The quantitative estimate of drug-likeness (QED) is 0.748. The summed E-state index contributed by atoms with van der Waals surface area (Å²) in [6.07, 6.45) is 1.80. The van der Waals surface area contributed by atoms with Crippen molar-refractivity contribution in [1.82, 2.24) is 4.98 Å². The first kappa shape index (κ1) is 11.9. The Bertz CT molecular complexity index is 688. The van der Waals surface area contributed by atoms with Crippen molar-refractivity contribution in [2.24, 2.45) is 0 Å².